The van der Waals surface area contributed by atoms with Gasteiger partial charge in [-0.05, 0) is 13.8 Å². The highest BCUT2D eigenvalue weighted by atomic mass is 32.1. The molecule has 0 unspecified atom stereocenters. The van der Waals surface area contributed by atoms with Crippen molar-refractivity contribution in [3.05, 3.63) is 5.82 Å². The molecule has 1 rings (SSSR count). The summed E-state index contributed by atoms with van der Waals surface area (Å²) >= 11 is 1.39. The molecule has 0 amide bonds. The molecule has 4 nitrogen and oxygen atoms in total. The Morgan fingerprint density at radius 2 is 1.87 bits per heavy atom. The normalized spacial score (nSPS) is 12.9. The molecule has 3 N–H and O–H groups in total. The number of hydrogen-bond acceptors (Lipinski definition) is 5. The fraction of sp³-hybridized carbons (Fsp3) is 0.800. The smallest absolute Gasteiger partial charge is 0.202 e. The third-order valence-corrected chi connectivity index (χ3v) is 2.46. The molecule has 0 saturated carbocycles. The molecule has 1 aromatic heterocycles. The van der Waals surface area contributed by atoms with E-state index in [1.54, 1.807) is 0 Å². The zero-order chi connectivity index (χ0) is 11.7. The van der Waals surface area contributed by atoms with Crippen LogP contribution in [0, 0.1) is 0 Å². The zero-order valence-electron chi connectivity index (χ0n) is 10.1. The Labute approximate surface area is 95.5 Å². The average Bonchev–Trinajstić information content (AvgIpc) is 2.45. The first-order valence-corrected chi connectivity index (χ1v) is 5.83. The number of nitrogens with two attached hydrogens (primary N) is 1. The Morgan fingerprint density at radius 3 is 2.27 bits per heavy atom. The molecule has 0 aromatic carbocycles. The maximum atomic E-state index is 5.87. The minimum atomic E-state index is -0.229. The molecule has 0 aliphatic carbocycles. The molecule has 86 valence electrons. The third-order valence-electron chi connectivity index (χ3n) is 1.79. The lowest BCUT2D eigenvalue weighted by Gasteiger charge is -2.18. The summed E-state index contributed by atoms with van der Waals surface area (Å²) in [5.41, 5.74) is 5.65. The molecule has 0 spiro atoms. The fourth-order valence-electron chi connectivity index (χ4n) is 0.903. The molecule has 15 heavy (non-hydrogen) atoms. The average molecular weight is 228 g/mol. The van der Waals surface area contributed by atoms with Crippen LogP contribution in [0.4, 0.5) is 5.13 Å². The molecule has 5 heteroatoms. The Bertz CT molecular complexity index is 319. The van der Waals surface area contributed by atoms with Crippen molar-refractivity contribution in [2.45, 2.75) is 45.6 Å². The van der Waals surface area contributed by atoms with Crippen LogP contribution in [0.2, 0.25) is 0 Å². The van der Waals surface area contributed by atoms with E-state index in [2.05, 4.69) is 35.4 Å². The van der Waals surface area contributed by atoms with Gasteiger partial charge in [-0.1, -0.05) is 20.8 Å². The predicted molar refractivity (Wildman–Crippen MR) is 65.4 cm³/mol. The Morgan fingerprint density at radius 1 is 1.27 bits per heavy atom. The van der Waals surface area contributed by atoms with Gasteiger partial charge in [0.2, 0.25) is 5.13 Å². The quantitative estimate of drug-likeness (QED) is 0.830. The van der Waals surface area contributed by atoms with Crippen molar-refractivity contribution in [2.75, 3.05) is 11.9 Å². The Kier molecular flexibility index (Phi) is 3.35. The highest BCUT2D eigenvalue weighted by Gasteiger charge is 2.20. The van der Waals surface area contributed by atoms with Crippen molar-refractivity contribution in [1.82, 2.24) is 9.36 Å². The summed E-state index contributed by atoms with van der Waals surface area (Å²) in [5.74, 6) is 0.879. The monoisotopic (exact) mass is 228 g/mol. The van der Waals surface area contributed by atoms with Crippen LogP contribution >= 0.6 is 11.5 Å². The lowest BCUT2D eigenvalue weighted by atomic mass is 9.96. The van der Waals surface area contributed by atoms with E-state index in [4.69, 9.17) is 5.73 Å². The van der Waals surface area contributed by atoms with Gasteiger partial charge in [0.1, 0.15) is 5.82 Å². The minimum Gasteiger partial charge on any atom is -0.358 e. The summed E-state index contributed by atoms with van der Waals surface area (Å²) in [6.45, 7) is 11.0. The van der Waals surface area contributed by atoms with Gasteiger partial charge in [-0.3, -0.25) is 0 Å². The molecular weight excluding hydrogens is 208 g/mol. The van der Waals surface area contributed by atoms with Crippen molar-refractivity contribution >= 4 is 16.7 Å². The van der Waals surface area contributed by atoms with Crippen LogP contribution in [0.15, 0.2) is 0 Å². The van der Waals surface area contributed by atoms with Crippen LogP contribution in [-0.2, 0) is 5.41 Å². The number of nitrogens with one attached hydrogen (secondary N) is 1. The number of aromatic nitrogens is 2. The second-order valence-electron chi connectivity index (χ2n) is 5.52. The van der Waals surface area contributed by atoms with Gasteiger partial charge >= 0.3 is 0 Å². The van der Waals surface area contributed by atoms with Crippen LogP contribution in [0.5, 0.6) is 0 Å². The van der Waals surface area contributed by atoms with Crippen molar-refractivity contribution in [3.8, 4) is 0 Å². The number of rotatable bonds is 3. The molecule has 0 bridgehead atoms. The van der Waals surface area contributed by atoms with Gasteiger partial charge in [-0.2, -0.15) is 4.37 Å². The second-order valence-corrected chi connectivity index (χ2v) is 6.27. The van der Waals surface area contributed by atoms with Crippen LogP contribution in [0.25, 0.3) is 0 Å². The van der Waals surface area contributed by atoms with Gasteiger partial charge in [0.05, 0.1) is 0 Å². The van der Waals surface area contributed by atoms with E-state index in [0.29, 0.717) is 6.54 Å². The summed E-state index contributed by atoms with van der Waals surface area (Å²) < 4.78 is 4.32. The zero-order valence-corrected chi connectivity index (χ0v) is 10.9. The van der Waals surface area contributed by atoms with Crippen molar-refractivity contribution in [2.24, 2.45) is 5.73 Å². The van der Waals surface area contributed by atoms with E-state index >= 15 is 0 Å². The Balaban J connectivity index is 2.62. The molecule has 0 fully saturated rings. The summed E-state index contributed by atoms with van der Waals surface area (Å²) in [7, 11) is 0. The molecular formula is C10H20N4S. The maximum Gasteiger partial charge on any atom is 0.202 e. The van der Waals surface area contributed by atoms with Gasteiger partial charge in [0.15, 0.2) is 0 Å². The first kappa shape index (κ1) is 12.4. The fourth-order valence-corrected chi connectivity index (χ4v) is 1.65. The van der Waals surface area contributed by atoms with E-state index in [-0.39, 0.29) is 11.0 Å². The van der Waals surface area contributed by atoms with Crippen LogP contribution in [-0.4, -0.2) is 21.4 Å². The molecule has 0 saturated heterocycles. The topological polar surface area (TPSA) is 63.8 Å². The first-order valence-electron chi connectivity index (χ1n) is 5.05. The Hall–Kier alpha value is -0.680. The summed E-state index contributed by atoms with van der Waals surface area (Å²) in [6.07, 6.45) is 0. The molecule has 0 atom stereocenters. The van der Waals surface area contributed by atoms with E-state index in [9.17, 15) is 0 Å². The lowest BCUT2D eigenvalue weighted by Crippen LogP contribution is -2.39. The second kappa shape index (κ2) is 4.06. The summed E-state index contributed by atoms with van der Waals surface area (Å²) in [4.78, 5) is 4.43. The van der Waals surface area contributed by atoms with Gasteiger partial charge in [-0.15, -0.1) is 0 Å². The number of hydrogen-bond donors (Lipinski definition) is 2. The highest BCUT2D eigenvalue weighted by molar-refractivity contribution is 7.09. The maximum absolute atomic E-state index is 5.87. The van der Waals surface area contributed by atoms with Crippen molar-refractivity contribution in [3.63, 3.8) is 0 Å². The van der Waals surface area contributed by atoms with Crippen LogP contribution in [0.1, 0.15) is 40.4 Å². The van der Waals surface area contributed by atoms with Crippen molar-refractivity contribution < 1.29 is 0 Å². The minimum absolute atomic E-state index is 0.00859. The van der Waals surface area contributed by atoms with Crippen LogP contribution < -0.4 is 11.1 Å². The van der Waals surface area contributed by atoms with Crippen LogP contribution in [0.3, 0.4) is 0 Å². The summed E-state index contributed by atoms with van der Waals surface area (Å²) in [5, 5.41) is 4.04. The van der Waals surface area contributed by atoms with E-state index in [1.807, 2.05) is 13.8 Å². The highest BCUT2D eigenvalue weighted by Crippen LogP contribution is 2.22. The third kappa shape index (κ3) is 4.13. The van der Waals surface area contributed by atoms with E-state index in [0.717, 1.165) is 11.0 Å². The number of anilines is 1. The van der Waals surface area contributed by atoms with Gasteiger partial charge in [0.25, 0.3) is 0 Å². The van der Waals surface area contributed by atoms with Crippen molar-refractivity contribution in [1.29, 1.82) is 0 Å². The molecule has 0 radical (unpaired) electrons. The lowest BCUT2D eigenvalue weighted by molar-refractivity contribution is 0.545. The van der Waals surface area contributed by atoms with Gasteiger partial charge in [-0.25, -0.2) is 4.98 Å². The predicted octanol–water partition coefficient (Wildman–Crippen LogP) is 1.98. The largest absolute Gasteiger partial charge is 0.358 e. The molecule has 1 heterocycles. The van der Waals surface area contributed by atoms with E-state index < -0.39 is 0 Å². The molecule has 0 aliphatic rings. The molecule has 1 aromatic rings. The number of nitrogens with zero attached hydrogens (tertiary/aromatic N) is 2. The van der Waals surface area contributed by atoms with Gasteiger partial charge in [0, 0.05) is 29.0 Å². The SMILES string of the molecule is CC(C)(N)CNc1nc(C(C)(C)C)ns1. The van der Waals surface area contributed by atoms with E-state index in [1.165, 1.54) is 11.5 Å². The standard InChI is InChI=1S/C10H20N4S/c1-9(2,3)7-13-8(15-14-7)12-6-10(4,5)11/h6,11H2,1-5H3,(H,12,13,14). The first-order chi connectivity index (χ1) is 6.68. The van der Waals surface area contributed by atoms with Gasteiger partial charge < -0.3 is 11.1 Å². The summed E-state index contributed by atoms with van der Waals surface area (Å²) in [6, 6.07) is 0. The molecule has 0 aliphatic heterocycles.